The van der Waals surface area contributed by atoms with Crippen molar-refractivity contribution in [3.63, 3.8) is 0 Å². The Morgan fingerprint density at radius 2 is 1.77 bits per heavy atom. The van der Waals surface area contributed by atoms with Gasteiger partial charge in [0, 0.05) is 53.2 Å². The highest BCUT2D eigenvalue weighted by atomic mass is 19.4. The van der Waals surface area contributed by atoms with Crippen LogP contribution in [-0.4, -0.2) is 61.4 Å². The van der Waals surface area contributed by atoms with Gasteiger partial charge in [-0.3, -0.25) is 4.79 Å². The van der Waals surface area contributed by atoms with E-state index >= 15 is 0 Å². The number of carbonyl (C=O) groups excluding carboxylic acids is 1. The Morgan fingerprint density at radius 3 is 2.51 bits per heavy atom. The van der Waals surface area contributed by atoms with E-state index in [1.807, 2.05) is 25.1 Å². The molecule has 10 nitrogen and oxygen atoms in total. The number of morpholine rings is 1. The number of amides is 1. The van der Waals surface area contributed by atoms with Crippen molar-refractivity contribution in [2.24, 2.45) is 0 Å². The van der Waals surface area contributed by atoms with E-state index in [1.165, 1.54) is 19.2 Å². The van der Waals surface area contributed by atoms with Crippen LogP contribution >= 0.6 is 0 Å². The Bertz CT molecular complexity index is 1950. The molecule has 1 fully saturated rings. The maximum Gasteiger partial charge on any atom is 0.416 e. The summed E-state index contributed by atoms with van der Waals surface area (Å²) in [5.41, 5.74) is 3.63. The molecule has 3 heterocycles. The second kappa shape index (κ2) is 13.1. The third-order valence-corrected chi connectivity index (χ3v) is 7.76. The number of rotatable bonds is 8. The molecule has 1 aliphatic rings. The predicted molar refractivity (Wildman–Crippen MR) is 173 cm³/mol. The number of nitrogens with one attached hydrogen (secondary N) is 2. The molecule has 0 bridgehead atoms. The molecule has 3 aromatic carbocycles. The minimum absolute atomic E-state index is 0.111. The number of benzene rings is 3. The van der Waals surface area contributed by atoms with Crippen LogP contribution < -0.4 is 25.0 Å². The van der Waals surface area contributed by atoms with E-state index in [-0.39, 0.29) is 11.4 Å². The highest BCUT2D eigenvalue weighted by Crippen LogP contribution is 2.35. The van der Waals surface area contributed by atoms with Crippen LogP contribution in [0, 0.1) is 6.92 Å². The molecule has 2 aromatic heterocycles. The molecule has 0 unspecified atom stereocenters. The first-order valence-electron chi connectivity index (χ1n) is 14.7. The van der Waals surface area contributed by atoms with E-state index in [1.54, 1.807) is 37.6 Å². The number of aryl methyl sites for hydroxylation is 1. The molecule has 47 heavy (non-hydrogen) atoms. The molecule has 6 rings (SSSR count). The van der Waals surface area contributed by atoms with Gasteiger partial charge in [0.15, 0.2) is 0 Å². The molecular weight excluding hydrogens is 613 g/mol. The van der Waals surface area contributed by atoms with Crippen LogP contribution in [0.4, 0.5) is 36.2 Å². The first kappa shape index (κ1) is 31.5. The summed E-state index contributed by atoms with van der Waals surface area (Å²) in [4.78, 5) is 29.0. The number of hydrogen-bond acceptors (Lipinski definition) is 9. The van der Waals surface area contributed by atoms with Crippen LogP contribution in [0.3, 0.4) is 0 Å². The molecule has 1 amide bonds. The van der Waals surface area contributed by atoms with Crippen LogP contribution in [-0.2, 0) is 10.9 Å². The van der Waals surface area contributed by atoms with E-state index in [4.69, 9.17) is 19.2 Å². The lowest BCUT2D eigenvalue weighted by Crippen LogP contribution is -2.36. The topological polar surface area (TPSA) is 111 Å². The summed E-state index contributed by atoms with van der Waals surface area (Å²) in [7, 11) is 3.10. The Morgan fingerprint density at radius 1 is 0.957 bits per heavy atom. The Balaban J connectivity index is 1.26. The zero-order valence-electron chi connectivity index (χ0n) is 25.8. The van der Waals surface area contributed by atoms with Gasteiger partial charge in [-0.05, 0) is 61.0 Å². The second-order valence-electron chi connectivity index (χ2n) is 10.8. The number of fused-ring (bicyclic) bond motifs is 1. The molecule has 5 aromatic rings. The van der Waals surface area contributed by atoms with E-state index in [9.17, 15) is 18.0 Å². The summed E-state index contributed by atoms with van der Waals surface area (Å²) in [5.74, 6) is 0.540. The highest BCUT2D eigenvalue weighted by molar-refractivity contribution is 6.04. The normalized spacial score (nSPS) is 13.4. The summed E-state index contributed by atoms with van der Waals surface area (Å²) >= 11 is 0. The van der Waals surface area contributed by atoms with Gasteiger partial charge in [0.1, 0.15) is 11.3 Å². The van der Waals surface area contributed by atoms with Crippen molar-refractivity contribution >= 4 is 39.8 Å². The average Bonchev–Trinajstić information content (AvgIpc) is 3.08. The van der Waals surface area contributed by atoms with Gasteiger partial charge < -0.3 is 29.7 Å². The standard InChI is InChI=1S/C34H31F3N6O4/c1-20-7-8-24(39-31(44)21-5-4-6-23(15-21)34(35,36)37)17-26(20)28-16-22-19-38-33(42-30(22)32(40-28)46-3)41-27-10-9-25(18-29(27)45-2)43-11-13-47-14-12-43/h4-10,15-19H,11-14H2,1-3H3,(H,39,44)(H,38,41,42). The summed E-state index contributed by atoms with van der Waals surface area (Å²) in [6, 6.07) is 17.1. The van der Waals surface area contributed by atoms with Gasteiger partial charge in [0.25, 0.3) is 5.91 Å². The minimum Gasteiger partial charge on any atom is -0.494 e. The maximum atomic E-state index is 13.2. The zero-order chi connectivity index (χ0) is 33.1. The van der Waals surface area contributed by atoms with E-state index in [0.717, 1.165) is 36.5 Å². The first-order chi connectivity index (χ1) is 22.6. The number of carbonyl (C=O) groups is 1. The smallest absolute Gasteiger partial charge is 0.416 e. The number of alkyl halides is 3. The fourth-order valence-corrected chi connectivity index (χ4v) is 5.29. The molecule has 242 valence electrons. The summed E-state index contributed by atoms with van der Waals surface area (Å²) in [6.07, 6.45) is -2.90. The molecule has 0 atom stereocenters. The molecule has 0 saturated carbocycles. The van der Waals surface area contributed by atoms with Gasteiger partial charge >= 0.3 is 6.18 Å². The van der Waals surface area contributed by atoms with Gasteiger partial charge in [-0.25, -0.2) is 15.0 Å². The Kier molecular flexibility index (Phi) is 8.81. The third-order valence-electron chi connectivity index (χ3n) is 7.76. The molecule has 0 spiro atoms. The average molecular weight is 645 g/mol. The number of ether oxygens (including phenoxy) is 3. The monoisotopic (exact) mass is 644 g/mol. The summed E-state index contributed by atoms with van der Waals surface area (Å²) in [5, 5.41) is 6.57. The lowest BCUT2D eigenvalue weighted by molar-refractivity contribution is -0.137. The molecule has 0 radical (unpaired) electrons. The van der Waals surface area contributed by atoms with E-state index in [2.05, 4.69) is 25.5 Å². The van der Waals surface area contributed by atoms with E-state index in [0.29, 0.717) is 58.4 Å². The summed E-state index contributed by atoms with van der Waals surface area (Å²) < 4.78 is 56.2. The molecule has 1 saturated heterocycles. The van der Waals surface area contributed by atoms with Crippen LogP contribution in [0.2, 0.25) is 0 Å². The lowest BCUT2D eigenvalue weighted by Gasteiger charge is -2.29. The van der Waals surface area contributed by atoms with Crippen molar-refractivity contribution in [3.05, 3.63) is 89.6 Å². The third kappa shape index (κ3) is 6.89. The van der Waals surface area contributed by atoms with E-state index < -0.39 is 17.6 Å². The fourth-order valence-electron chi connectivity index (χ4n) is 5.29. The van der Waals surface area contributed by atoms with Crippen molar-refractivity contribution in [1.29, 1.82) is 0 Å². The van der Waals surface area contributed by atoms with Gasteiger partial charge in [-0.15, -0.1) is 0 Å². The van der Waals surface area contributed by atoms with Gasteiger partial charge in [0.05, 0.1) is 44.4 Å². The number of nitrogens with zero attached hydrogens (tertiary/aromatic N) is 4. The molecule has 0 aliphatic carbocycles. The number of halogens is 3. The van der Waals surface area contributed by atoms with Crippen molar-refractivity contribution in [2.75, 3.05) is 56.1 Å². The number of pyridine rings is 1. The van der Waals surface area contributed by atoms with Crippen molar-refractivity contribution in [2.45, 2.75) is 13.1 Å². The second-order valence-corrected chi connectivity index (χ2v) is 10.8. The number of aromatic nitrogens is 3. The summed E-state index contributed by atoms with van der Waals surface area (Å²) in [6.45, 7) is 4.84. The van der Waals surface area contributed by atoms with Gasteiger partial charge in [-0.1, -0.05) is 12.1 Å². The van der Waals surface area contributed by atoms with Crippen LogP contribution in [0.15, 0.2) is 72.9 Å². The van der Waals surface area contributed by atoms with Crippen LogP contribution in [0.5, 0.6) is 11.6 Å². The number of methoxy groups -OCH3 is 2. The molecule has 1 aliphatic heterocycles. The number of anilines is 4. The molecule has 2 N–H and O–H groups in total. The van der Waals surface area contributed by atoms with Crippen molar-refractivity contribution in [1.82, 2.24) is 15.0 Å². The molecule has 13 heteroatoms. The van der Waals surface area contributed by atoms with Crippen LogP contribution in [0.1, 0.15) is 21.5 Å². The molecular formula is C34H31F3N6O4. The SMILES string of the molecule is COc1cc(N2CCOCC2)ccc1Nc1ncc2cc(-c3cc(NC(=O)c4cccc(C(F)(F)F)c4)ccc3C)nc(OC)c2n1. The van der Waals surface area contributed by atoms with Gasteiger partial charge in [-0.2, -0.15) is 13.2 Å². The minimum atomic E-state index is -4.56. The lowest BCUT2D eigenvalue weighted by atomic mass is 10.0. The maximum absolute atomic E-state index is 13.2. The highest BCUT2D eigenvalue weighted by Gasteiger charge is 2.31. The first-order valence-corrected chi connectivity index (χ1v) is 14.7. The predicted octanol–water partition coefficient (Wildman–Crippen LogP) is 6.87. The van der Waals surface area contributed by atoms with Crippen molar-refractivity contribution < 1.29 is 32.2 Å². The largest absolute Gasteiger partial charge is 0.494 e. The Hall–Kier alpha value is -5.43. The quantitative estimate of drug-likeness (QED) is 0.187. The van der Waals surface area contributed by atoms with Crippen molar-refractivity contribution in [3.8, 4) is 22.9 Å². The number of hydrogen-bond donors (Lipinski definition) is 2. The Labute approximate surface area is 268 Å². The van der Waals surface area contributed by atoms with Gasteiger partial charge in [0.2, 0.25) is 11.8 Å². The van der Waals surface area contributed by atoms with Crippen LogP contribution in [0.25, 0.3) is 22.2 Å². The zero-order valence-corrected chi connectivity index (χ0v) is 25.8. The fraction of sp³-hybridized carbons (Fsp3) is 0.235.